The Labute approximate surface area is 103 Å². The molecular weight excluding hydrogens is 246 g/mol. The summed E-state index contributed by atoms with van der Waals surface area (Å²) in [6, 6.07) is 0. The lowest BCUT2D eigenvalue weighted by molar-refractivity contribution is -0.142. The summed E-state index contributed by atoms with van der Waals surface area (Å²) in [6.45, 7) is 3.75. The van der Waals surface area contributed by atoms with E-state index in [1.165, 1.54) is 7.05 Å². The number of hydrogen-bond donors (Lipinski definition) is 1. The molecule has 0 amide bonds. The molecule has 6 nitrogen and oxygen atoms in total. The predicted octanol–water partition coefficient (Wildman–Crippen LogP) is -0.0279. The number of aliphatic hydroxyl groups excluding tert-OH is 1. The van der Waals surface area contributed by atoms with E-state index in [1.807, 2.05) is 0 Å². The Morgan fingerprint density at radius 3 is 2.53 bits per heavy atom. The number of carbonyl (C=O) groups excluding carboxylic acids is 1. The smallest absolute Gasteiger partial charge is 0.306 e. The third-order valence-electron chi connectivity index (χ3n) is 2.21. The zero-order chi connectivity index (χ0) is 13.5. The quantitative estimate of drug-likeness (QED) is 0.624. The third-order valence-corrected chi connectivity index (χ3v) is 4.06. The summed E-state index contributed by atoms with van der Waals surface area (Å²) >= 11 is 0. The van der Waals surface area contributed by atoms with Gasteiger partial charge in [-0.25, -0.2) is 12.7 Å². The number of nitrogens with zero attached hydrogens (tertiary/aromatic N) is 1. The van der Waals surface area contributed by atoms with Crippen LogP contribution >= 0.6 is 0 Å². The fraction of sp³-hybridized carbons (Fsp3) is 0.900. The van der Waals surface area contributed by atoms with E-state index in [2.05, 4.69) is 4.74 Å². The monoisotopic (exact) mass is 267 g/mol. The van der Waals surface area contributed by atoms with Gasteiger partial charge in [0.25, 0.3) is 0 Å². The number of carbonyl (C=O) groups is 1. The zero-order valence-electron chi connectivity index (χ0n) is 10.5. The fourth-order valence-electron chi connectivity index (χ4n) is 1.11. The Kier molecular flexibility index (Phi) is 7.33. The Bertz CT molecular complexity index is 326. The van der Waals surface area contributed by atoms with Crippen LogP contribution in [0.2, 0.25) is 0 Å². The lowest BCUT2D eigenvalue weighted by Crippen LogP contribution is -2.32. The zero-order valence-corrected chi connectivity index (χ0v) is 11.4. The van der Waals surface area contributed by atoms with E-state index in [-0.39, 0.29) is 25.3 Å². The number of sulfonamides is 1. The Balaban J connectivity index is 4.14. The van der Waals surface area contributed by atoms with Crippen molar-refractivity contribution in [2.24, 2.45) is 0 Å². The highest BCUT2D eigenvalue weighted by Crippen LogP contribution is 2.04. The van der Waals surface area contributed by atoms with Gasteiger partial charge in [-0.2, -0.15) is 0 Å². The first-order valence-electron chi connectivity index (χ1n) is 5.57. The van der Waals surface area contributed by atoms with E-state index in [0.29, 0.717) is 6.42 Å². The van der Waals surface area contributed by atoms with Crippen molar-refractivity contribution < 1.29 is 23.1 Å². The van der Waals surface area contributed by atoms with Gasteiger partial charge >= 0.3 is 5.97 Å². The van der Waals surface area contributed by atoms with Crippen LogP contribution in [-0.4, -0.2) is 55.9 Å². The number of hydrogen-bond acceptors (Lipinski definition) is 5. The van der Waals surface area contributed by atoms with Gasteiger partial charge in [0, 0.05) is 13.6 Å². The molecule has 0 aliphatic rings. The Morgan fingerprint density at radius 2 is 2.06 bits per heavy atom. The summed E-state index contributed by atoms with van der Waals surface area (Å²) in [5, 5.41) is 9.06. The fourth-order valence-corrected chi connectivity index (χ4v) is 2.23. The molecule has 0 saturated carbocycles. The molecule has 0 aliphatic carbocycles. The van der Waals surface area contributed by atoms with E-state index in [9.17, 15) is 13.2 Å². The van der Waals surface area contributed by atoms with Gasteiger partial charge in [0.05, 0.1) is 24.9 Å². The summed E-state index contributed by atoms with van der Waals surface area (Å²) in [6.07, 6.45) is -0.317. The summed E-state index contributed by atoms with van der Waals surface area (Å²) in [5.74, 6) is -0.776. The predicted molar refractivity (Wildman–Crippen MR) is 64.0 cm³/mol. The second-order valence-corrected chi connectivity index (χ2v) is 6.03. The number of ether oxygens (including phenoxy) is 1. The lowest BCUT2D eigenvalue weighted by atomic mass is 10.3. The van der Waals surface area contributed by atoms with Gasteiger partial charge in [-0.3, -0.25) is 4.79 Å². The maximum atomic E-state index is 11.7. The molecule has 1 N–H and O–H groups in total. The molecule has 0 aliphatic heterocycles. The molecule has 0 saturated heterocycles. The molecule has 0 bridgehead atoms. The van der Waals surface area contributed by atoms with Gasteiger partial charge in [0.1, 0.15) is 0 Å². The first-order valence-corrected chi connectivity index (χ1v) is 7.18. The van der Waals surface area contributed by atoms with Crippen molar-refractivity contribution in [3.63, 3.8) is 0 Å². The van der Waals surface area contributed by atoms with Crippen LogP contribution < -0.4 is 0 Å². The summed E-state index contributed by atoms with van der Waals surface area (Å²) < 4.78 is 29.2. The lowest BCUT2D eigenvalue weighted by Gasteiger charge is -2.17. The molecule has 102 valence electrons. The van der Waals surface area contributed by atoms with Crippen LogP contribution in [0, 0.1) is 0 Å². The van der Waals surface area contributed by atoms with Crippen LogP contribution in [0.4, 0.5) is 0 Å². The maximum Gasteiger partial charge on any atom is 0.306 e. The first kappa shape index (κ1) is 16.3. The topological polar surface area (TPSA) is 83.9 Å². The van der Waals surface area contributed by atoms with E-state index >= 15 is 0 Å². The van der Waals surface area contributed by atoms with Gasteiger partial charge in [0.15, 0.2) is 0 Å². The highest BCUT2D eigenvalue weighted by molar-refractivity contribution is 7.89. The molecule has 0 aromatic carbocycles. The van der Waals surface area contributed by atoms with Crippen molar-refractivity contribution >= 4 is 16.0 Å². The minimum Gasteiger partial charge on any atom is -0.466 e. The van der Waals surface area contributed by atoms with Gasteiger partial charge in [-0.05, 0) is 20.3 Å². The molecular formula is C10H21NO5S. The molecule has 1 unspecified atom stereocenters. The van der Waals surface area contributed by atoms with Crippen molar-refractivity contribution in [1.29, 1.82) is 0 Å². The van der Waals surface area contributed by atoms with Crippen molar-refractivity contribution in [1.82, 2.24) is 4.31 Å². The number of rotatable bonds is 8. The minimum atomic E-state index is -3.45. The first-order chi connectivity index (χ1) is 7.79. The molecule has 0 aromatic heterocycles. The van der Waals surface area contributed by atoms with Crippen LogP contribution in [0.5, 0.6) is 0 Å². The highest BCUT2D eigenvalue weighted by Gasteiger charge is 2.19. The van der Waals surface area contributed by atoms with Crippen LogP contribution in [0.3, 0.4) is 0 Å². The Morgan fingerprint density at radius 1 is 1.47 bits per heavy atom. The van der Waals surface area contributed by atoms with Gasteiger partial charge < -0.3 is 9.84 Å². The van der Waals surface area contributed by atoms with Gasteiger partial charge in [-0.1, -0.05) is 0 Å². The largest absolute Gasteiger partial charge is 0.466 e. The van der Waals surface area contributed by atoms with Crippen LogP contribution in [0.15, 0.2) is 0 Å². The number of esters is 1. The van der Waals surface area contributed by atoms with Crippen molar-refractivity contribution in [2.45, 2.75) is 32.8 Å². The minimum absolute atomic E-state index is 0.144. The standard InChI is InChI=1S/C10H21NO5S/c1-4-16-10(13)6-8-17(14,15)11(3)7-5-9(2)12/h9,12H,4-8H2,1-3H3. The average Bonchev–Trinajstić information content (AvgIpc) is 2.23. The normalized spacial score (nSPS) is 13.7. The van der Waals surface area contributed by atoms with Crippen LogP contribution in [0.25, 0.3) is 0 Å². The molecule has 17 heavy (non-hydrogen) atoms. The molecule has 0 spiro atoms. The van der Waals surface area contributed by atoms with Crippen molar-refractivity contribution in [3.8, 4) is 0 Å². The van der Waals surface area contributed by atoms with Crippen LogP contribution in [0.1, 0.15) is 26.7 Å². The van der Waals surface area contributed by atoms with Gasteiger partial charge in [0.2, 0.25) is 10.0 Å². The molecule has 0 aromatic rings. The average molecular weight is 267 g/mol. The maximum absolute atomic E-state index is 11.7. The van der Waals surface area contributed by atoms with E-state index in [1.54, 1.807) is 13.8 Å². The molecule has 7 heteroatoms. The second-order valence-electron chi connectivity index (χ2n) is 3.83. The summed E-state index contributed by atoms with van der Waals surface area (Å²) in [5.41, 5.74) is 0. The second kappa shape index (κ2) is 7.62. The summed E-state index contributed by atoms with van der Waals surface area (Å²) in [4.78, 5) is 11.0. The van der Waals surface area contributed by atoms with Gasteiger partial charge in [-0.15, -0.1) is 0 Å². The number of aliphatic hydroxyl groups is 1. The summed E-state index contributed by atoms with van der Waals surface area (Å²) in [7, 11) is -2.01. The van der Waals surface area contributed by atoms with Crippen molar-refractivity contribution in [3.05, 3.63) is 0 Å². The highest BCUT2D eigenvalue weighted by atomic mass is 32.2. The van der Waals surface area contributed by atoms with Crippen molar-refractivity contribution in [2.75, 3.05) is 26.0 Å². The molecule has 0 heterocycles. The van der Waals surface area contributed by atoms with E-state index in [4.69, 9.17) is 5.11 Å². The Hall–Kier alpha value is -0.660. The SMILES string of the molecule is CCOC(=O)CCS(=O)(=O)N(C)CCC(C)O. The van der Waals surface area contributed by atoms with E-state index < -0.39 is 22.1 Å². The van der Waals surface area contributed by atoms with Crippen LogP contribution in [-0.2, 0) is 19.6 Å². The molecule has 1 atom stereocenters. The molecule has 0 radical (unpaired) electrons. The van der Waals surface area contributed by atoms with E-state index in [0.717, 1.165) is 4.31 Å². The molecule has 0 fully saturated rings. The molecule has 0 rings (SSSR count). The third kappa shape index (κ3) is 7.30.